The van der Waals surface area contributed by atoms with E-state index in [2.05, 4.69) is 0 Å². The number of carbonyl (C=O) groups is 1. The molecule has 0 saturated carbocycles. The Morgan fingerprint density at radius 3 is 2.21 bits per heavy atom. The third kappa shape index (κ3) is 4.89. The molecule has 150 valence electrons. The van der Waals surface area contributed by atoms with Crippen molar-refractivity contribution in [1.82, 2.24) is 0 Å². The third-order valence-electron chi connectivity index (χ3n) is 4.14. The highest BCUT2D eigenvalue weighted by Crippen LogP contribution is 2.45. The Morgan fingerprint density at radius 1 is 0.862 bits per heavy atom. The number of benzene rings is 3. The van der Waals surface area contributed by atoms with Crippen molar-refractivity contribution >= 4 is 41.9 Å². The van der Waals surface area contributed by atoms with Crippen molar-refractivity contribution in [3.63, 3.8) is 0 Å². The number of rotatable bonds is 7. The summed E-state index contributed by atoms with van der Waals surface area (Å²) in [4.78, 5) is 12.7. The van der Waals surface area contributed by atoms with E-state index >= 15 is 0 Å². The van der Waals surface area contributed by atoms with Crippen LogP contribution in [0.4, 0.5) is 0 Å². The van der Waals surface area contributed by atoms with Crippen LogP contribution in [0.25, 0.3) is 0 Å². The Balaban J connectivity index is 1.80. The molecule has 29 heavy (non-hydrogen) atoms. The lowest BCUT2D eigenvalue weighted by atomic mass is 10.0. The van der Waals surface area contributed by atoms with Crippen molar-refractivity contribution in [2.75, 3.05) is 14.2 Å². The summed E-state index contributed by atoms with van der Waals surface area (Å²) in [7, 11) is -0.739. The highest BCUT2D eigenvalue weighted by molar-refractivity contribution is 7.62. The van der Waals surface area contributed by atoms with Gasteiger partial charge < -0.3 is 13.8 Å². The number of ketones is 1. The summed E-state index contributed by atoms with van der Waals surface area (Å²) in [5, 5.41) is 1.14. The first kappa shape index (κ1) is 21.6. The lowest BCUT2D eigenvalue weighted by Crippen LogP contribution is -2.07. The van der Waals surface area contributed by atoms with E-state index < -0.39 is 7.60 Å². The quantitative estimate of drug-likeness (QED) is 0.320. The zero-order valence-electron chi connectivity index (χ0n) is 15.6. The highest BCUT2D eigenvalue weighted by Gasteiger charge is 2.24. The minimum atomic E-state index is -3.38. The van der Waals surface area contributed by atoms with Gasteiger partial charge >= 0.3 is 7.60 Å². The maximum absolute atomic E-state index is 12.7. The molecule has 0 saturated heterocycles. The Hall–Kier alpha value is -2.14. The first-order valence-electron chi connectivity index (χ1n) is 8.46. The van der Waals surface area contributed by atoms with Crippen LogP contribution >= 0.6 is 30.8 Å². The summed E-state index contributed by atoms with van der Waals surface area (Å²) in [6, 6.07) is 17.9. The molecule has 0 N–H and O–H groups in total. The Labute approximate surface area is 178 Å². The van der Waals surface area contributed by atoms with Crippen LogP contribution in [-0.4, -0.2) is 20.0 Å². The van der Waals surface area contributed by atoms with E-state index in [-0.39, 0.29) is 5.78 Å². The van der Waals surface area contributed by atoms with E-state index in [4.69, 9.17) is 37.0 Å². The maximum atomic E-state index is 12.7. The number of ether oxygens (including phenoxy) is 1. The molecule has 5 nitrogen and oxygen atoms in total. The number of carbonyl (C=O) groups excluding carboxylic acids is 1. The standard InChI is InChI=1S/C21H17Cl2O5P/c1-26-29(25,27-2)18-5-3-4-17(13-18)28-16-9-6-14(7-10-16)21(24)19-12-15(22)8-11-20(19)23/h3-13H,1-2H3. The lowest BCUT2D eigenvalue weighted by Gasteiger charge is -2.14. The van der Waals surface area contributed by atoms with Gasteiger partial charge in [0.25, 0.3) is 0 Å². The average molecular weight is 451 g/mol. The fraction of sp³-hybridized carbons (Fsp3) is 0.0952. The largest absolute Gasteiger partial charge is 0.457 e. The van der Waals surface area contributed by atoms with E-state index in [1.54, 1.807) is 60.7 Å². The van der Waals surface area contributed by atoms with Crippen molar-refractivity contribution in [2.45, 2.75) is 0 Å². The van der Waals surface area contributed by atoms with Gasteiger partial charge in [-0.1, -0.05) is 29.3 Å². The molecule has 0 atom stereocenters. The molecule has 0 unspecified atom stereocenters. The molecular formula is C21H17Cl2O5P. The first-order valence-corrected chi connectivity index (χ1v) is 10.8. The SMILES string of the molecule is COP(=O)(OC)c1cccc(Oc2ccc(C(=O)c3cc(Cl)ccc3Cl)cc2)c1. The number of halogens is 2. The first-order chi connectivity index (χ1) is 13.9. The van der Waals surface area contributed by atoms with E-state index in [1.807, 2.05) is 0 Å². The molecule has 3 aromatic rings. The molecule has 0 heterocycles. The molecule has 0 fully saturated rings. The van der Waals surface area contributed by atoms with Gasteiger partial charge in [-0.25, -0.2) is 0 Å². The van der Waals surface area contributed by atoms with Crippen LogP contribution < -0.4 is 10.0 Å². The van der Waals surface area contributed by atoms with Gasteiger partial charge in [0, 0.05) is 30.4 Å². The molecule has 0 radical (unpaired) electrons. The monoisotopic (exact) mass is 450 g/mol. The summed E-state index contributed by atoms with van der Waals surface area (Å²) in [5.41, 5.74) is 0.772. The van der Waals surface area contributed by atoms with Gasteiger partial charge in [-0.15, -0.1) is 0 Å². The second kappa shape index (κ2) is 9.12. The molecule has 3 rings (SSSR count). The van der Waals surface area contributed by atoms with Crippen LogP contribution in [0, 0.1) is 0 Å². The van der Waals surface area contributed by atoms with Gasteiger partial charge in [-0.05, 0) is 60.7 Å². The van der Waals surface area contributed by atoms with E-state index in [0.29, 0.717) is 38.0 Å². The number of hydrogen-bond acceptors (Lipinski definition) is 5. The summed E-state index contributed by atoms with van der Waals surface area (Å²) < 4.78 is 28.3. The predicted molar refractivity (Wildman–Crippen MR) is 114 cm³/mol. The van der Waals surface area contributed by atoms with E-state index in [1.165, 1.54) is 20.3 Å². The van der Waals surface area contributed by atoms with E-state index in [0.717, 1.165) is 0 Å². The zero-order valence-corrected chi connectivity index (χ0v) is 18.0. The smallest absolute Gasteiger partial charge is 0.360 e. The van der Waals surface area contributed by atoms with Gasteiger partial charge in [0.1, 0.15) is 11.5 Å². The van der Waals surface area contributed by atoms with Crippen LogP contribution in [0.2, 0.25) is 10.0 Å². The molecular weight excluding hydrogens is 434 g/mol. The van der Waals surface area contributed by atoms with Crippen molar-refractivity contribution in [1.29, 1.82) is 0 Å². The molecule has 0 aromatic heterocycles. The van der Waals surface area contributed by atoms with Crippen molar-refractivity contribution in [3.05, 3.63) is 87.9 Å². The van der Waals surface area contributed by atoms with Crippen LogP contribution in [0.3, 0.4) is 0 Å². The minimum absolute atomic E-state index is 0.243. The van der Waals surface area contributed by atoms with E-state index in [9.17, 15) is 9.36 Å². The van der Waals surface area contributed by atoms with Gasteiger partial charge in [-0.2, -0.15) is 0 Å². The van der Waals surface area contributed by atoms with Gasteiger partial charge in [0.2, 0.25) is 0 Å². The third-order valence-corrected chi connectivity index (χ3v) is 6.58. The Morgan fingerprint density at radius 2 is 1.55 bits per heavy atom. The highest BCUT2D eigenvalue weighted by atomic mass is 35.5. The normalized spacial score (nSPS) is 11.3. The summed E-state index contributed by atoms with van der Waals surface area (Å²) in [5.74, 6) is 0.710. The molecule has 0 bridgehead atoms. The van der Waals surface area contributed by atoms with Crippen molar-refractivity contribution in [2.24, 2.45) is 0 Å². The summed E-state index contributed by atoms with van der Waals surface area (Å²) >= 11 is 12.1. The fourth-order valence-electron chi connectivity index (χ4n) is 2.64. The topological polar surface area (TPSA) is 61.8 Å². The average Bonchev–Trinajstić information content (AvgIpc) is 2.75. The molecule has 0 aliphatic carbocycles. The van der Waals surface area contributed by atoms with Gasteiger partial charge in [-0.3, -0.25) is 9.36 Å². The van der Waals surface area contributed by atoms with Crippen LogP contribution in [-0.2, 0) is 13.6 Å². The molecule has 0 aliphatic heterocycles. The second-order valence-electron chi connectivity index (χ2n) is 5.94. The maximum Gasteiger partial charge on any atom is 0.360 e. The molecule has 3 aromatic carbocycles. The molecule has 0 aliphatic rings. The minimum Gasteiger partial charge on any atom is -0.457 e. The molecule has 0 amide bonds. The molecule has 8 heteroatoms. The van der Waals surface area contributed by atoms with Crippen LogP contribution in [0.15, 0.2) is 66.7 Å². The Kier molecular flexibility index (Phi) is 6.78. The Bertz CT molecular complexity index is 1070. The van der Waals surface area contributed by atoms with Crippen LogP contribution in [0.1, 0.15) is 15.9 Å². The van der Waals surface area contributed by atoms with Crippen molar-refractivity contribution < 1.29 is 23.1 Å². The fourth-order valence-corrected chi connectivity index (χ4v) is 4.14. The molecule has 0 spiro atoms. The summed E-state index contributed by atoms with van der Waals surface area (Å²) in [6.45, 7) is 0. The van der Waals surface area contributed by atoms with Gasteiger partial charge in [0.05, 0.1) is 10.3 Å². The number of hydrogen-bond donors (Lipinski definition) is 0. The zero-order chi connectivity index (χ0) is 21.0. The van der Waals surface area contributed by atoms with Crippen molar-refractivity contribution in [3.8, 4) is 11.5 Å². The lowest BCUT2D eigenvalue weighted by molar-refractivity contribution is 0.103. The van der Waals surface area contributed by atoms with Gasteiger partial charge in [0.15, 0.2) is 5.78 Å². The predicted octanol–water partition coefficient (Wildman–Crippen LogP) is 6.13. The second-order valence-corrected chi connectivity index (χ2v) is 9.02. The summed E-state index contributed by atoms with van der Waals surface area (Å²) in [6.07, 6.45) is 0. The van der Waals surface area contributed by atoms with Crippen LogP contribution in [0.5, 0.6) is 11.5 Å².